The van der Waals surface area contributed by atoms with E-state index in [1.807, 2.05) is 6.92 Å². The fraction of sp³-hybridized carbons (Fsp3) is 0.444. The largest absolute Gasteiger partial charge is 0.476 e. The van der Waals surface area contributed by atoms with E-state index in [1.165, 1.54) is 12.1 Å². The number of anilines is 2. The molecule has 0 saturated heterocycles. The molecule has 3 aromatic rings. The van der Waals surface area contributed by atoms with Gasteiger partial charge in [0, 0.05) is 23.6 Å². The summed E-state index contributed by atoms with van der Waals surface area (Å²) in [5.41, 5.74) is -3.30. The predicted molar refractivity (Wildman–Crippen MR) is 136 cm³/mol. The van der Waals surface area contributed by atoms with Crippen LogP contribution in [0.3, 0.4) is 0 Å². The van der Waals surface area contributed by atoms with E-state index < -0.39 is 34.5 Å². The van der Waals surface area contributed by atoms with Crippen molar-refractivity contribution in [3.63, 3.8) is 0 Å². The van der Waals surface area contributed by atoms with Crippen LogP contribution in [0, 0.1) is 12.7 Å². The lowest BCUT2D eigenvalue weighted by Gasteiger charge is -2.38. The summed E-state index contributed by atoms with van der Waals surface area (Å²) in [6.07, 6.45) is 0. The Balaban J connectivity index is 1.79. The number of rotatable bonds is 6. The normalized spacial score (nSPS) is 16.4. The Bertz CT molecular complexity index is 1390. The maximum absolute atomic E-state index is 15.4. The van der Waals surface area contributed by atoms with Crippen LogP contribution in [-0.4, -0.2) is 38.7 Å². The van der Waals surface area contributed by atoms with Crippen molar-refractivity contribution in [2.45, 2.75) is 71.6 Å². The molecule has 1 aliphatic heterocycles. The molecule has 2 heterocycles. The van der Waals surface area contributed by atoms with E-state index in [0.717, 1.165) is 19.9 Å². The molecule has 1 atom stereocenters. The zero-order valence-electron chi connectivity index (χ0n) is 21.9. The van der Waals surface area contributed by atoms with Crippen LogP contribution in [0.25, 0.3) is 10.9 Å². The van der Waals surface area contributed by atoms with Crippen LogP contribution in [0.4, 0.5) is 24.7 Å². The maximum Gasteiger partial charge on any atom is 0.303 e. The minimum absolute atomic E-state index is 0.0146. The fourth-order valence-electron chi connectivity index (χ4n) is 4.47. The number of aromatic nitrogens is 2. The molecule has 37 heavy (non-hydrogen) atoms. The summed E-state index contributed by atoms with van der Waals surface area (Å²) in [6.45, 7) is 10.9. The number of benzene rings is 2. The second-order valence-electron chi connectivity index (χ2n) is 10.3. The number of alkyl halides is 2. The number of aryl methyl sites for hydroxylation is 1. The monoisotopic (exact) mass is 516 g/mol. The molecule has 0 saturated carbocycles. The second kappa shape index (κ2) is 8.86. The van der Waals surface area contributed by atoms with E-state index >= 15 is 4.39 Å². The van der Waals surface area contributed by atoms with Gasteiger partial charge in [-0.3, -0.25) is 4.79 Å². The summed E-state index contributed by atoms with van der Waals surface area (Å²) in [5.74, 6) is -3.82. The van der Waals surface area contributed by atoms with Crippen LogP contribution >= 0.6 is 0 Å². The molecule has 1 amide bonds. The summed E-state index contributed by atoms with van der Waals surface area (Å²) < 4.78 is 50.9. The number of nitrogens with one attached hydrogen (secondary N) is 1. The van der Waals surface area contributed by atoms with Crippen LogP contribution in [0.15, 0.2) is 30.3 Å². The van der Waals surface area contributed by atoms with Crippen molar-refractivity contribution in [3.8, 4) is 5.75 Å². The standard InChI is InChI=1S/C27H31F3N4O3/c1-8-34-20-12-17-19(13-21(20)37-25(4,5)24(34)35)32-15(3)33-23(17)31-14(2)16-10-9-11-18(22(16)28)27(29,30)26(6,7)36/h9-14,36H,8H2,1-7H3,(H,31,32,33)/t14-/m1/s1. The third-order valence-electron chi connectivity index (χ3n) is 6.58. The number of hydrogen-bond donors (Lipinski definition) is 2. The first-order valence-electron chi connectivity index (χ1n) is 12.1. The molecule has 7 nitrogen and oxygen atoms in total. The molecule has 2 aromatic carbocycles. The van der Waals surface area contributed by atoms with E-state index in [1.54, 1.807) is 44.7 Å². The average Bonchev–Trinajstić information content (AvgIpc) is 2.78. The van der Waals surface area contributed by atoms with Gasteiger partial charge in [0.05, 0.1) is 22.8 Å². The van der Waals surface area contributed by atoms with Crippen molar-refractivity contribution >= 4 is 28.3 Å². The lowest BCUT2D eigenvalue weighted by Crippen LogP contribution is -2.52. The van der Waals surface area contributed by atoms with Gasteiger partial charge in [0.15, 0.2) is 5.60 Å². The first-order chi connectivity index (χ1) is 17.1. The van der Waals surface area contributed by atoms with Crippen LogP contribution < -0.4 is 15.0 Å². The van der Waals surface area contributed by atoms with Crippen molar-refractivity contribution in [2.24, 2.45) is 0 Å². The Morgan fingerprint density at radius 2 is 1.89 bits per heavy atom. The zero-order valence-corrected chi connectivity index (χ0v) is 21.9. The van der Waals surface area contributed by atoms with Gasteiger partial charge in [0.2, 0.25) is 0 Å². The minimum Gasteiger partial charge on any atom is -0.476 e. The Kier molecular flexibility index (Phi) is 6.39. The van der Waals surface area contributed by atoms with E-state index in [9.17, 15) is 18.7 Å². The van der Waals surface area contributed by atoms with Gasteiger partial charge in [-0.25, -0.2) is 14.4 Å². The van der Waals surface area contributed by atoms with Gasteiger partial charge >= 0.3 is 5.92 Å². The van der Waals surface area contributed by atoms with Crippen molar-refractivity contribution in [1.29, 1.82) is 0 Å². The Hall–Kier alpha value is -3.40. The number of carbonyl (C=O) groups excluding carboxylic acids is 1. The SMILES string of the molecule is CCN1C(=O)C(C)(C)Oc2cc3nc(C)nc(N[C@H](C)c4cccc(C(F)(F)C(C)(C)O)c4F)c3cc21. The maximum atomic E-state index is 15.4. The zero-order chi connectivity index (χ0) is 27.5. The van der Waals surface area contributed by atoms with E-state index in [4.69, 9.17) is 4.74 Å². The summed E-state index contributed by atoms with van der Waals surface area (Å²) in [4.78, 5) is 23.5. The van der Waals surface area contributed by atoms with Gasteiger partial charge in [-0.2, -0.15) is 8.78 Å². The van der Waals surface area contributed by atoms with E-state index in [0.29, 0.717) is 40.5 Å². The Labute approximate surface area is 213 Å². The van der Waals surface area contributed by atoms with Gasteiger partial charge in [-0.15, -0.1) is 0 Å². The van der Waals surface area contributed by atoms with Gasteiger partial charge in [0.25, 0.3) is 5.91 Å². The molecule has 10 heteroatoms. The van der Waals surface area contributed by atoms with Crippen LogP contribution in [0.1, 0.15) is 64.5 Å². The molecular formula is C27H31F3N4O3. The lowest BCUT2D eigenvalue weighted by atomic mass is 9.91. The van der Waals surface area contributed by atoms with Gasteiger partial charge in [-0.05, 0) is 60.6 Å². The van der Waals surface area contributed by atoms with Gasteiger partial charge < -0.3 is 20.1 Å². The van der Waals surface area contributed by atoms with Crippen molar-refractivity contribution in [1.82, 2.24) is 9.97 Å². The highest BCUT2D eigenvalue weighted by Gasteiger charge is 2.49. The van der Waals surface area contributed by atoms with E-state index in [2.05, 4.69) is 15.3 Å². The van der Waals surface area contributed by atoms with E-state index in [-0.39, 0.29) is 11.5 Å². The number of hydrogen-bond acceptors (Lipinski definition) is 6. The predicted octanol–water partition coefficient (Wildman–Crippen LogP) is 5.64. The van der Waals surface area contributed by atoms with Crippen molar-refractivity contribution in [3.05, 3.63) is 53.1 Å². The summed E-state index contributed by atoms with van der Waals surface area (Å²) >= 11 is 0. The van der Waals surface area contributed by atoms with Crippen molar-refractivity contribution < 1.29 is 27.8 Å². The molecular weight excluding hydrogens is 485 g/mol. The topological polar surface area (TPSA) is 87.6 Å². The first kappa shape index (κ1) is 26.7. The third kappa shape index (κ3) is 4.47. The number of halogens is 3. The molecule has 1 aromatic heterocycles. The van der Waals surface area contributed by atoms with Crippen LogP contribution in [-0.2, 0) is 10.7 Å². The molecule has 0 fully saturated rings. The molecule has 198 valence electrons. The molecule has 1 aliphatic rings. The second-order valence-corrected chi connectivity index (χ2v) is 10.3. The smallest absolute Gasteiger partial charge is 0.303 e. The lowest BCUT2D eigenvalue weighted by molar-refractivity contribution is -0.170. The molecule has 4 rings (SSSR count). The number of fused-ring (bicyclic) bond motifs is 2. The quantitative estimate of drug-likeness (QED) is 0.441. The first-order valence-corrected chi connectivity index (χ1v) is 12.1. The van der Waals surface area contributed by atoms with Crippen molar-refractivity contribution in [2.75, 3.05) is 16.8 Å². The molecule has 0 spiro atoms. The highest BCUT2D eigenvalue weighted by molar-refractivity contribution is 6.05. The third-order valence-corrected chi connectivity index (χ3v) is 6.58. The Morgan fingerprint density at radius 3 is 2.51 bits per heavy atom. The summed E-state index contributed by atoms with van der Waals surface area (Å²) in [5, 5.41) is 13.6. The molecule has 0 unspecified atom stereocenters. The number of carbonyl (C=O) groups is 1. The summed E-state index contributed by atoms with van der Waals surface area (Å²) in [6, 6.07) is 6.41. The Morgan fingerprint density at radius 1 is 1.22 bits per heavy atom. The average molecular weight is 517 g/mol. The fourth-order valence-corrected chi connectivity index (χ4v) is 4.47. The number of likely N-dealkylation sites (N-methyl/N-ethyl adjacent to an activating group) is 1. The van der Waals surface area contributed by atoms with Gasteiger partial charge in [-0.1, -0.05) is 12.1 Å². The van der Waals surface area contributed by atoms with Crippen LogP contribution in [0.2, 0.25) is 0 Å². The van der Waals surface area contributed by atoms with Crippen LogP contribution in [0.5, 0.6) is 5.75 Å². The molecule has 0 bridgehead atoms. The molecule has 0 radical (unpaired) electrons. The number of aliphatic hydroxyl groups is 1. The number of ether oxygens (including phenoxy) is 1. The van der Waals surface area contributed by atoms with Gasteiger partial charge in [0.1, 0.15) is 28.8 Å². The summed E-state index contributed by atoms with van der Waals surface area (Å²) in [7, 11) is 0. The molecule has 0 aliphatic carbocycles. The minimum atomic E-state index is -3.81. The number of amides is 1. The molecule has 2 N–H and O–H groups in total. The highest BCUT2D eigenvalue weighted by atomic mass is 19.3. The highest BCUT2D eigenvalue weighted by Crippen LogP contribution is 2.43. The number of nitrogens with zero attached hydrogens (tertiary/aromatic N) is 3.